The molecule has 172 valence electrons. The van der Waals surface area contributed by atoms with Crippen LogP contribution in [-0.4, -0.2) is 27.1 Å². The van der Waals surface area contributed by atoms with Crippen molar-refractivity contribution in [3.63, 3.8) is 0 Å². The third-order valence-corrected chi connectivity index (χ3v) is 6.70. The monoisotopic (exact) mass is 469 g/mol. The van der Waals surface area contributed by atoms with Crippen molar-refractivity contribution in [2.24, 2.45) is 0 Å². The van der Waals surface area contributed by atoms with Crippen LogP contribution in [0, 0.1) is 25.3 Å². The average molecular weight is 469 g/mol. The fourth-order valence-electron chi connectivity index (χ4n) is 4.08. The van der Waals surface area contributed by atoms with Crippen LogP contribution in [-0.2, 0) is 14.1 Å². The second-order valence-corrected chi connectivity index (χ2v) is 9.40. The summed E-state index contributed by atoms with van der Waals surface area (Å²) in [5.41, 5.74) is 1.66. The lowest BCUT2D eigenvalue weighted by atomic mass is 9.86. The average Bonchev–Trinajstić information content (AvgIpc) is 2.74. The molecule has 6 nitrogen and oxygen atoms in total. The molecule has 8 heteroatoms. The zero-order valence-electron chi connectivity index (χ0n) is 18.5. The predicted molar refractivity (Wildman–Crippen MR) is 125 cm³/mol. The highest BCUT2D eigenvalue weighted by atomic mass is 31.1. The van der Waals surface area contributed by atoms with Crippen LogP contribution in [0.25, 0.3) is 22.2 Å². The van der Waals surface area contributed by atoms with E-state index in [2.05, 4.69) is 4.74 Å². The zero-order chi connectivity index (χ0) is 24.3. The number of nitrogens with zero attached hydrogens (tertiary/aromatic N) is 1. The number of halogens is 1. The molecule has 0 aliphatic rings. The van der Waals surface area contributed by atoms with Gasteiger partial charge in [0, 0.05) is 10.9 Å². The highest BCUT2D eigenvalue weighted by molar-refractivity contribution is 7.38. The van der Waals surface area contributed by atoms with E-state index in [1.807, 2.05) is 38.1 Å². The molecular formula is C25H25FNO5P. The van der Waals surface area contributed by atoms with E-state index in [9.17, 15) is 23.7 Å². The van der Waals surface area contributed by atoms with Gasteiger partial charge in [-0.15, -0.1) is 0 Å². The molecule has 0 fully saturated rings. The number of terminal acetylenes is 1. The Morgan fingerprint density at radius 1 is 1.24 bits per heavy atom. The molecule has 33 heavy (non-hydrogen) atoms. The molecule has 1 aromatic heterocycles. The van der Waals surface area contributed by atoms with Crippen molar-refractivity contribution in [3.05, 3.63) is 65.0 Å². The lowest BCUT2D eigenvalue weighted by Gasteiger charge is -2.27. The quantitative estimate of drug-likeness (QED) is 0.291. The summed E-state index contributed by atoms with van der Waals surface area (Å²) in [6.45, 7) is 5.46. The minimum Gasteiger partial charge on any atom is -0.391 e. The van der Waals surface area contributed by atoms with Crippen molar-refractivity contribution in [1.82, 2.24) is 4.98 Å². The number of pyridine rings is 1. The maximum absolute atomic E-state index is 14.0. The third-order valence-electron chi connectivity index (χ3n) is 5.49. The highest BCUT2D eigenvalue weighted by Gasteiger charge is 2.35. The first-order chi connectivity index (χ1) is 15.6. The number of carbonyl (C=O) groups excluding carboxylic acids is 1. The zero-order valence-corrected chi connectivity index (χ0v) is 19.5. The Balaban J connectivity index is 2.38. The summed E-state index contributed by atoms with van der Waals surface area (Å²) >= 11 is 0. The van der Waals surface area contributed by atoms with Crippen LogP contribution in [0.5, 0.6) is 0 Å². The fraction of sp³-hybridized carbons (Fsp3) is 0.280. The summed E-state index contributed by atoms with van der Waals surface area (Å²) in [6.07, 6.45) is 4.60. The molecule has 0 amide bonds. The van der Waals surface area contributed by atoms with Gasteiger partial charge in [-0.3, -0.25) is 9.36 Å². The Kier molecular flexibility index (Phi) is 7.65. The number of fused-ring (bicyclic) bond motifs is 1. The third kappa shape index (κ3) is 5.15. The first-order valence-electron chi connectivity index (χ1n) is 10.4. The van der Waals surface area contributed by atoms with Gasteiger partial charge >= 0.3 is 5.97 Å². The molecule has 2 N–H and O–H groups in total. The topological polar surface area (TPSA) is 96.7 Å². The molecule has 0 aliphatic carbocycles. The van der Waals surface area contributed by atoms with Gasteiger partial charge < -0.3 is 14.7 Å². The molecule has 0 saturated heterocycles. The van der Waals surface area contributed by atoms with Crippen molar-refractivity contribution < 1.29 is 28.5 Å². The van der Waals surface area contributed by atoms with Gasteiger partial charge in [0.25, 0.3) is 0 Å². The van der Waals surface area contributed by atoms with Gasteiger partial charge in [0.05, 0.1) is 29.4 Å². The van der Waals surface area contributed by atoms with Crippen LogP contribution in [0.2, 0.25) is 0 Å². The Bertz CT molecular complexity index is 1270. The summed E-state index contributed by atoms with van der Waals surface area (Å²) in [5.74, 6) is -1.41. The van der Waals surface area contributed by atoms with Crippen molar-refractivity contribution in [3.8, 4) is 23.8 Å². The summed E-state index contributed by atoms with van der Waals surface area (Å²) in [7, 11) is -3.43. The largest absolute Gasteiger partial charge is 0.391 e. The van der Waals surface area contributed by atoms with Crippen molar-refractivity contribution in [2.75, 3.05) is 0 Å². The number of aliphatic hydroxyl groups is 1. The van der Waals surface area contributed by atoms with E-state index in [1.165, 1.54) is 12.1 Å². The number of para-hydroxylation sites is 1. The Hall–Kier alpha value is -3.04. The lowest BCUT2D eigenvalue weighted by molar-refractivity contribution is -0.139. The normalized spacial score (nSPS) is 14.0. The minimum atomic E-state index is -3.43. The van der Waals surface area contributed by atoms with E-state index in [0.29, 0.717) is 27.9 Å². The molecule has 0 aliphatic heterocycles. The van der Waals surface area contributed by atoms with E-state index in [4.69, 9.17) is 11.4 Å². The highest BCUT2D eigenvalue weighted by Crippen LogP contribution is 2.49. The number of carbonyl (C=O) groups is 1. The Labute approximate surface area is 192 Å². The van der Waals surface area contributed by atoms with Gasteiger partial charge in [0.15, 0.2) is 8.03 Å². The maximum atomic E-state index is 14.0. The Morgan fingerprint density at radius 2 is 1.94 bits per heavy atom. The molecule has 3 atom stereocenters. The summed E-state index contributed by atoms with van der Waals surface area (Å²) in [6, 6.07) is 11.8. The molecular weight excluding hydrogens is 444 g/mol. The maximum Gasteiger partial charge on any atom is 0.322 e. The van der Waals surface area contributed by atoms with Crippen LogP contribution in [0.4, 0.5) is 4.39 Å². The number of hydrogen-bond acceptors (Lipinski definition) is 5. The number of esters is 1. The van der Waals surface area contributed by atoms with Crippen LogP contribution in [0.1, 0.15) is 48.5 Å². The van der Waals surface area contributed by atoms with Gasteiger partial charge in [-0.05, 0) is 53.8 Å². The van der Waals surface area contributed by atoms with E-state index < -0.39 is 38.0 Å². The Morgan fingerprint density at radius 3 is 2.55 bits per heavy atom. The molecule has 0 bridgehead atoms. The van der Waals surface area contributed by atoms with Gasteiger partial charge in [-0.25, -0.2) is 9.37 Å². The van der Waals surface area contributed by atoms with Crippen LogP contribution < -0.4 is 0 Å². The van der Waals surface area contributed by atoms with Crippen molar-refractivity contribution in [2.45, 2.75) is 44.9 Å². The SMILES string of the molecule is C#COC(=O)CC(O)C(c1c(-c2ccc(F)c(C)c2)nc2ccccc2c1C(C)C)[PH](=O)O. The van der Waals surface area contributed by atoms with Crippen molar-refractivity contribution >= 4 is 24.9 Å². The van der Waals surface area contributed by atoms with Gasteiger partial charge in [0.1, 0.15) is 11.9 Å². The molecule has 0 spiro atoms. The molecule has 0 saturated carbocycles. The molecule has 3 aromatic rings. The van der Waals surface area contributed by atoms with E-state index in [0.717, 1.165) is 10.9 Å². The van der Waals surface area contributed by atoms with Crippen LogP contribution in [0.15, 0.2) is 42.5 Å². The smallest absolute Gasteiger partial charge is 0.322 e. The van der Waals surface area contributed by atoms with Crippen molar-refractivity contribution in [1.29, 1.82) is 0 Å². The standard InChI is InChI=1S/C25H25FNO5P/c1-5-32-21(29)13-20(28)25(33(30)31)23-22(14(2)3)17-8-6-7-9-19(17)27-24(23)16-10-11-18(26)15(4)12-16/h1,6-12,14,20,25,28,33H,13H2,2-4H3,(H,30,31). The van der Waals surface area contributed by atoms with E-state index in [1.54, 1.807) is 19.1 Å². The van der Waals surface area contributed by atoms with E-state index >= 15 is 0 Å². The second kappa shape index (κ2) is 10.3. The number of rotatable bonds is 7. The lowest BCUT2D eigenvalue weighted by Crippen LogP contribution is -2.23. The van der Waals surface area contributed by atoms with E-state index in [-0.39, 0.29) is 5.92 Å². The summed E-state index contributed by atoms with van der Waals surface area (Å²) < 4.78 is 31.1. The minimum absolute atomic E-state index is 0.123. The number of benzene rings is 2. The summed E-state index contributed by atoms with van der Waals surface area (Å²) in [4.78, 5) is 27.0. The van der Waals surface area contributed by atoms with Gasteiger partial charge in [0.2, 0.25) is 0 Å². The number of hydrogen-bond donors (Lipinski definition) is 2. The number of aromatic nitrogens is 1. The number of aryl methyl sites for hydroxylation is 1. The first kappa shape index (κ1) is 24.6. The number of aliphatic hydroxyl groups excluding tert-OH is 1. The van der Waals surface area contributed by atoms with Gasteiger partial charge in [-0.1, -0.05) is 38.5 Å². The van der Waals surface area contributed by atoms with Gasteiger partial charge in [-0.2, -0.15) is 0 Å². The molecule has 2 aromatic carbocycles. The molecule has 1 heterocycles. The van der Waals surface area contributed by atoms with Crippen LogP contribution >= 0.6 is 8.03 Å². The molecule has 3 rings (SSSR count). The fourth-order valence-corrected chi connectivity index (χ4v) is 5.06. The summed E-state index contributed by atoms with van der Waals surface area (Å²) in [5, 5.41) is 11.6. The number of ether oxygens (including phenoxy) is 1. The second-order valence-electron chi connectivity index (χ2n) is 8.10. The molecule has 0 radical (unpaired) electrons. The first-order valence-corrected chi connectivity index (χ1v) is 11.8. The molecule has 3 unspecified atom stereocenters. The predicted octanol–water partition coefficient (Wildman–Crippen LogP) is 4.87. The van der Waals surface area contributed by atoms with Crippen LogP contribution in [0.3, 0.4) is 0 Å².